The maximum Gasteiger partial charge on any atom is 0.354 e. The van der Waals surface area contributed by atoms with Crippen LogP contribution in [0.3, 0.4) is 0 Å². The molecule has 1 fully saturated rings. The van der Waals surface area contributed by atoms with Crippen LogP contribution in [0.25, 0.3) is 5.69 Å². The van der Waals surface area contributed by atoms with E-state index in [-0.39, 0.29) is 11.3 Å². The quantitative estimate of drug-likeness (QED) is 0.740. The first kappa shape index (κ1) is 17.9. The summed E-state index contributed by atoms with van der Waals surface area (Å²) < 4.78 is 8.26. The fraction of sp³-hybridized carbons (Fsp3) is 0.318. The van der Waals surface area contributed by atoms with Crippen LogP contribution in [0, 0.1) is 0 Å². The molecule has 1 N–H and O–H groups in total. The number of benzene rings is 1. The number of anilines is 1. The Morgan fingerprint density at radius 2 is 1.86 bits per heavy atom. The van der Waals surface area contributed by atoms with Gasteiger partial charge in [0.1, 0.15) is 11.4 Å². The van der Waals surface area contributed by atoms with Gasteiger partial charge < -0.3 is 14.7 Å². The Labute approximate surface area is 168 Å². The van der Waals surface area contributed by atoms with Crippen LogP contribution in [0.5, 0.6) is 0 Å². The van der Waals surface area contributed by atoms with Gasteiger partial charge in [0.25, 0.3) is 0 Å². The lowest BCUT2D eigenvalue weighted by Gasteiger charge is -2.43. The average Bonchev–Trinajstić information content (AvgIpc) is 3.21. The Morgan fingerprint density at radius 1 is 1.07 bits per heavy atom. The zero-order valence-electron chi connectivity index (χ0n) is 16.0. The molecule has 148 valence electrons. The number of hydrogen-bond donors (Lipinski definition) is 1. The molecule has 1 aromatic carbocycles. The van der Waals surface area contributed by atoms with Gasteiger partial charge in [0, 0.05) is 19.3 Å². The van der Waals surface area contributed by atoms with E-state index in [2.05, 4.69) is 28.2 Å². The number of fused-ring (bicyclic) bond motifs is 2. The summed E-state index contributed by atoms with van der Waals surface area (Å²) in [5.41, 5.74) is 3.03. The van der Waals surface area contributed by atoms with E-state index in [0.29, 0.717) is 12.4 Å². The number of pyridine rings is 1. The number of hydrogen-bond acceptors (Lipinski definition) is 5. The van der Waals surface area contributed by atoms with E-state index in [4.69, 9.17) is 9.84 Å². The number of aromatic nitrogens is 3. The zero-order valence-corrected chi connectivity index (χ0v) is 16.0. The summed E-state index contributed by atoms with van der Waals surface area (Å²) in [5, 5.41) is 14.1. The third-order valence-corrected chi connectivity index (χ3v) is 5.84. The topological polar surface area (TPSA) is 80.5 Å². The van der Waals surface area contributed by atoms with Gasteiger partial charge in [-0.3, -0.25) is 0 Å². The van der Waals surface area contributed by atoms with Gasteiger partial charge in [0.15, 0.2) is 5.69 Å². The Hall–Kier alpha value is -3.19. The van der Waals surface area contributed by atoms with E-state index in [1.165, 1.54) is 11.6 Å². The molecule has 0 atom stereocenters. The first-order valence-corrected chi connectivity index (χ1v) is 9.88. The molecule has 0 unspecified atom stereocenters. The van der Waals surface area contributed by atoms with E-state index in [1.54, 1.807) is 6.07 Å². The lowest BCUT2D eigenvalue weighted by molar-refractivity contribution is -0.0797. The number of carboxylic acid groups (broad SMARTS) is 1. The number of nitrogens with zero attached hydrogens (tertiary/aromatic N) is 4. The molecule has 1 spiro atoms. The van der Waals surface area contributed by atoms with Crippen molar-refractivity contribution < 1.29 is 14.6 Å². The predicted molar refractivity (Wildman–Crippen MR) is 108 cm³/mol. The molecule has 2 aliphatic heterocycles. The third kappa shape index (κ3) is 3.17. The van der Waals surface area contributed by atoms with Crippen LogP contribution < -0.4 is 4.90 Å². The molecule has 0 bridgehead atoms. The second-order valence-electron chi connectivity index (χ2n) is 7.55. The summed E-state index contributed by atoms with van der Waals surface area (Å²) in [6.07, 6.45) is 4.59. The number of carbonyl (C=O) groups is 1. The molecule has 0 radical (unpaired) electrons. The molecule has 29 heavy (non-hydrogen) atoms. The Kier molecular flexibility index (Phi) is 4.32. The standard InChI is InChI=1S/C22H22N4O3/c27-21(28)18-7-4-8-19(23-18)25-12-10-22(11-13-25)20-16(9-14-29-22)15-26(24-20)17-5-2-1-3-6-17/h1-8,15H,9-14H2,(H,27,28). The van der Waals surface area contributed by atoms with Gasteiger partial charge in [-0.1, -0.05) is 24.3 Å². The highest BCUT2D eigenvalue weighted by Gasteiger charge is 2.43. The van der Waals surface area contributed by atoms with Gasteiger partial charge in [0.05, 0.1) is 18.0 Å². The normalized spacial score (nSPS) is 17.9. The molecular formula is C22H22N4O3. The van der Waals surface area contributed by atoms with Crippen LogP contribution in [0.2, 0.25) is 0 Å². The molecule has 0 aliphatic carbocycles. The minimum absolute atomic E-state index is 0.0700. The van der Waals surface area contributed by atoms with Crippen LogP contribution in [0.1, 0.15) is 34.6 Å². The lowest BCUT2D eigenvalue weighted by atomic mass is 9.84. The largest absolute Gasteiger partial charge is 0.477 e. The van der Waals surface area contributed by atoms with E-state index < -0.39 is 5.97 Å². The molecule has 0 saturated carbocycles. The first-order chi connectivity index (χ1) is 14.1. The van der Waals surface area contributed by atoms with Crippen molar-refractivity contribution in [3.05, 3.63) is 71.7 Å². The van der Waals surface area contributed by atoms with Crippen molar-refractivity contribution in [2.24, 2.45) is 0 Å². The van der Waals surface area contributed by atoms with E-state index in [1.807, 2.05) is 28.9 Å². The van der Waals surface area contributed by atoms with E-state index in [0.717, 1.165) is 43.7 Å². The van der Waals surface area contributed by atoms with Crippen LogP contribution in [-0.2, 0) is 16.8 Å². The molecule has 2 aliphatic rings. The molecule has 7 heteroatoms. The summed E-state index contributed by atoms with van der Waals surface area (Å²) in [6.45, 7) is 2.18. The summed E-state index contributed by atoms with van der Waals surface area (Å²) >= 11 is 0. The Morgan fingerprint density at radius 3 is 2.62 bits per heavy atom. The molecule has 2 aromatic heterocycles. The maximum atomic E-state index is 11.2. The molecule has 3 aromatic rings. The first-order valence-electron chi connectivity index (χ1n) is 9.88. The van der Waals surface area contributed by atoms with Gasteiger partial charge in [0.2, 0.25) is 0 Å². The van der Waals surface area contributed by atoms with Crippen LogP contribution in [0.4, 0.5) is 5.82 Å². The highest BCUT2D eigenvalue weighted by atomic mass is 16.5. The second-order valence-corrected chi connectivity index (χ2v) is 7.55. The van der Waals surface area contributed by atoms with Gasteiger partial charge in [-0.25, -0.2) is 14.5 Å². The minimum Gasteiger partial charge on any atom is -0.477 e. The smallest absolute Gasteiger partial charge is 0.354 e. The van der Waals surface area contributed by atoms with Crippen LogP contribution in [0.15, 0.2) is 54.7 Å². The fourth-order valence-electron chi connectivity index (χ4n) is 4.31. The number of rotatable bonds is 3. The summed E-state index contributed by atoms with van der Waals surface area (Å²) in [6, 6.07) is 15.3. The van der Waals surface area contributed by atoms with Crippen molar-refractivity contribution in [3.8, 4) is 5.69 Å². The Balaban J connectivity index is 1.40. The van der Waals surface area contributed by atoms with Crippen LogP contribution >= 0.6 is 0 Å². The summed E-state index contributed by atoms with van der Waals surface area (Å²) in [7, 11) is 0. The number of aromatic carboxylic acids is 1. The molecule has 4 heterocycles. The van der Waals surface area contributed by atoms with Crippen molar-refractivity contribution in [1.82, 2.24) is 14.8 Å². The van der Waals surface area contributed by atoms with Crippen molar-refractivity contribution in [3.63, 3.8) is 0 Å². The summed E-state index contributed by atoms with van der Waals surface area (Å²) in [5.74, 6) is -0.308. The van der Waals surface area contributed by atoms with Gasteiger partial charge in [-0.2, -0.15) is 5.10 Å². The predicted octanol–water partition coefficient (Wildman–Crippen LogP) is 3.03. The molecule has 5 rings (SSSR count). The zero-order chi connectivity index (χ0) is 19.8. The summed E-state index contributed by atoms with van der Waals surface area (Å²) in [4.78, 5) is 17.6. The van der Waals surface area contributed by atoms with Crippen molar-refractivity contribution in [2.45, 2.75) is 24.9 Å². The number of piperidine rings is 1. The van der Waals surface area contributed by atoms with Crippen LogP contribution in [-0.4, -0.2) is 45.5 Å². The van der Waals surface area contributed by atoms with Gasteiger partial charge in [-0.15, -0.1) is 0 Å². The van der Waals surface area contributed by atoms with Gasteiger partial charge >= 0.3 is 5.97 Å². The SMILES string of the molecule is O=C(O)c1cccc(N2CCC3(CC2)OCCc2cn(-c4ccccc4)nc23)n1. The second kappa shape index (κ2) is 7.00. The molecule has 7 nitrogen and oxygen atoms in total. The molecule has 0 amide bonds. The Bertz CT molecular complexity index is 1040. The fourth-order valence-corrected chi connectivity index (χ4v) is 4.31. The van der Waals surface area contributed by atoms with Crippen molar-refractivity contribution in [1.29, 1.82) is 0 Å². The highest BCUT2D eigenvalue weighted by Crippen LogP contribution is 2.41. The maximum absolute atomic E-state index is 11.2. The minimum atomic E-state index is -1.01. The van der Waals surface area contributed by atoms with E-state index >= 15 is 0 Å². The monoisotopic (exact) mass is 390 g/mol. The molecular weight excluding hydrogens is 368 g/mol. The van der Waals surface area contributed by atoms with Crippen molar-refractivity contribution in [2.75, 3.05) is 24.6 Å². The number of ether oxygens (including phenoxy) is 1. The third-order valence-electron chi connectivity index (χ3n) is 5.84. The molecule has 1 saturated heterocycles. The number of carboxylic acids is 1. The number of para-hydroxylation sites is 1. The van der Waals surface area contributed by atoms with Gasteiger partial charge in [-0.05, 0) is 49.1 Å². The average molecular weight is 390 g/mol. The van der Waals surface area contributed by atoms with E-state index in [9.17, 15) is 9.90 Å². The lowest BCUT2D eigenvalue weighted by Crippen LogP contribution is -2.47. The highest BCUT2D eigenvalue weighted by molar-refractivity contribution is 5.85. The van der Waals surface area contributed by atoms with Crippen molar-refractivity contribution >= 4 is 11.8 Å².